The van der Waals surface area contributed by atoms with Gasteiger partial charge in [-0.15, -0.1) is 0 Å². The molecule has 1 N–H and O–H groups in total. The molecule has 0 amide bonds. The molecule has 5 heteroatoms. The van der Waals surface area contributed by atoms with Gasteiger partial charge in [-0.05, 0) is 25.2 Å². The van der Waals surface area contributed by atoms with Gasteiger partial charge < -0.3 is 9.84 Å². The second-order valence-electron chi connectivity index (χ2n) is 6.31. The Hall–Kier alpha value is -2.43. The molecule has 5 nitrogen and oxygen atoms in total. The van der Waals surface area contributed by atoms with Crippen LogP contribution >= 0.6 is 0 Å². The monoisotopic (exact) mass is 344 g/mol. The molecular weight excluding hydrogens is 320 g/mol. The van der Waals surface area contributed by atoms with E-state index in [1.165, 1.54) is 0 Å². The quantitative estimate of drug-likeness (QED) is 0.574. The number of Topliss-reactive ketones (excluding diaryl/α,β-unsaturated/α-hetero) is 1. The van der Waals surface area contributed by atoms with Crippen molar-refractivity contribution in [2.24, 2.45) is 11.8 Å². The highest BCUT2D eigenvalue weighted by Gasteiger charge is 2.36. The molecule has 3 atom stereocenters. The molecule has 1 aliphatic carbocycles. The zero-order valence-corrected chi connectivity index (χ0v) is 14.4. The lowest BCUT2D eigenvalue weighted by molar-refractivity contribution is -0.165. The first-order valence-corrected chi connectivity index (χ1v) is 8.67. The van der Waals surface area contributed by atoms with Gasteiger partial charge in [0, 0.05) is 24.3 Å². The Morgan fingerprint density at radius 1 is 1.28 bits per heavy atom. The number of esters is 1. The summed E-state index contributed by atoms with van der Waals surface area (Å²) in [6.07, 6.45) is 5.42. The van der Waals surface area contributed by atoms with Crippen molar-refractivity contribution in [3.05, 3.63) is 48.0 Å². The summed E-state index contributed by atoms with van der Waals surface area (Å²) < 4.78 is 5.20. The van der Waals surface area contributed by atoms with Gasteiger partial charge in [-0.25, -0.2) is 4.79 Å². The second-order valence-corrected chi connectivity index (χ2v) is 6.31. The largest absolute Gasteiger partial charge is 0.478 e. The minimum absolute atomic E-state index is 0.0764. The van der Waals surface area contributed by atoms with Crippen molar-refractivity contribution >= 4 is 17.7 Å². The molecule has 0 aliphatic heterocycles. The first-order valence-electron chi connectivity index (χ1n) is 8.67. The number of ketones is 1. The van der Waals surface area contributed by atoms with Crippen LogP contribution in [0, 0.1) is 11.8 Å². The molecule has 0 bridgehead atoms. The van der Waals surface area contributed by atoms with Crippen molar-refractivity contribution in [1.29, 1.82) is 0 Å². The summed E-state index contributed by atoms with van der Waals surface area (Å²) >= 11 is 0. The third-order valence-electron chi connectivity index (χ3n) is 4.54. The molecule has 1 aromatic rings. The fraction of sp³-hybridized carbons (Fsp3) is 0.450. The Labute approximate surface area is 147 Å². The van der Waals surface area contributed by atoms with Gasteiger partial charge in [0.25, 0.3) is 0 Å². The van der Waals surface area contributed by atoms with E-state index in [9.17, 15) is 19.5 Å². The lowest BCUT2D eigenvalue weighted by Gasteiger charge is -2.18. The van der Waals surface area contributed by atoms with Crippen LogP contribution in [-0.2, 0) is 19.1 Å². The van der Waals surface area contributed by atoms with Crippen molar-refractivity contribution in [3.8, 4) is 0 Å². The summed E-state index contributed by atoms with van der Waals surface area (Å²) in [7, 11) is 0. The number of hydrogen-bond donors (Lipinski definition) is 1. The van der Waals surface area contributed by atoms with Crippen molar-refractivity contribution in [3.63, 3.8) is 0 Å². The summed E-state index contributed by atoms with van der Waals surface area (Å²) in [4.78, 5) is 35.7. The Morgan fingerprint density at radius 2 is 2.00 bits per heavy atom. The van der Waals surface area contributed by atoms with Crippen LogP contribution in [0.5, 0.6) is 0 Å². The summed E-state index contributed by atoms with van der Waals surface area (Å²) in [6, 6.07) is 8.39. The van der Waals surface area contributed by atoms with E-state index >= 15 is 0 Å². The molecule has 0 spiro atoms. The Kier molecular flexibility index (Phi) is 6.92. The van der Waals surface area contributed by atoms with Crippen molar-refractivity contribution in [2.45, 2.75) is 45.1 Å². The number of carbonyl (C=O) groups is 3. The van der Waals surface area contributed by atoms with Crippen LogP contribution in [-0.4, -0.2) is 22.8 Å². The number of hydrogen-bond acceptors (Lipinski definition) is 4. The minimum Gasteiger partial charge on any atom is -0.478 e. The molecular formula is C20H24O5. The number of ether oxygens (including phenoxy) is 1. The van der Waals surface area contributed by atoms with E-state index in [2.05, 4.69) is 0 Å². The Balaban J connectivity index is 1.99. The van der Waals surface area contributed by atoms with E-state index in [4.69, 9.17) is 4.74 Å². The highest BCUT2D eigenvalue weighted by atomic mass is 16.6. The summed E-state index contributed by atoms with van der Waals surface area (Å²) in [5.74, 6) is -1.84. The van der Waals surface area contributed by atoms with Gasteiger partial charge in [-0.3, -0.25) is 9.59 Å². The van der Waals surface area contributed by atoms with Crippen LogP contribution < -0.4 is 0 Å². The first-order chi connectivity index (χ1) is 12.0. The average Bonchev–Trinajstić information content (AvgIpc) is 2.93. The summed E-state index contributed by atoms with van der Waals surface area (Å²) in [5.41, 5.74) is 0.424. The topological polar surface area (TPSA) is 80.7 Å². The normalized spacial score (nSPS) is 21.4. The van der Waals surface area contributed by atoms with E-state index in [-0.39, 0.29) is 24.0 Å². The number of rotatable bonds is 8. The van der Waals surface area contributed by atoms with Gasteiger partial charge in [-0.2, -0.15) is 0 Å². The first kappa shape index (κ1) is 18.9. The molecule has 1 aliphatic rings. The minimum atomic E-state index is -1.32. The van der Waals surface area contributed by atoms with Crippen LogP contribution in [0.15, 0.2) is 42.5 Å². The number of allylic oxidation sites excluding steroid dienone is 2. The third kappa shape index (κ3) is 5.28. The zero-order chi connectivity index (χ0) is 18.2. The van der Waals surface area contributed by atoms with Gasteiger partial charge in [0.1, 0.15) is 5.78 Å². The molecule has 0 aromatic heterocycles. The van der Waals surface area contributed by atoms with Gasteiger partial charge >= 0.3 is 11.9 Å². The predicted octanol–water partition coefficient (Wildman–Crippen LogP) is 3.70. The van der Waals surface area contributed by atoms with Crippen LogP contribution in [0.3, 0.4) is 0 Å². The average molecular weight is 344 g/mol. The molecule has 0 unspecified atom stereocenters. The van der Waals surface area contributed by atoms with E-state index in [1.54, 1.807) is 30.3 Å². The molecule has 2 rings (SSSR count). The Morgan fingerprint density at radius 3 is 2.64 bits per heavy atom. The highest BCUT2D eigenvalue weighted by molar-refractivity contribution is 5.85. The van der Waals surface area contributed by atoms with E-state index < -0.39 is 18.0 Å². The lowest BCUT2D eigenvalue weighted by atomic mass is 9.89. The van der Waals surface area contributed by atoms with Crippen molar-refractivity contribution < 1.29 is 24.2 Å². The summed E-state index contributed by atoms with van der Waals surface area (Å²) in [5, 5.41) is 9.33. The molecule has 1 saturated carbocycles. The number of carboxylic acid groups (broad SMARTS) is 1. The predicted molar refractivity (Wildman–Crippen MR) is 92.8 cm³/mol. The standard InChI is InChI=1S/C20H24O5/c1-2-3-5-10-16-15(11-12-17(16)21)13-18(22)25-19(20(23)24)14-8-6-4-7-9-14/h3-9,15-16,19H,2,10-13H2,1H3,(H,23,24)/b5-3-/t15-,16-,19-/m1/s1. The van der Waals surface area contributed by atoms with Crippen LogP contribution in [0.4, 0.5) is 0 Å². The molecule has 1 aromatic carbocycles. The fourth-order valence-corrected chi connectivity index (χ4v) is 3.24. The second kappa shape index (κ2) is 9.16. The zero-order valence-electron chi connectivity index (χ0n) is 14.4. The highest BCUT2D eigenvalue weighted by Crippen LogP contribution is 2.35. The maximum absolute atomic E-state index is 12.3. The van der Waals surface area contributed by atoms with Gasteiger partial charge in [0.15, 0.2) is 0 Å². The Bertz CT molecular complexity index is 635. The van der Waals surface area contributed by atoms with Crippen LogP contribution in [0.1, 0.15) is 50.7 Å². The number of aliphatic carboxylic acids is 1. The molecule has 134 valence electrons. The smallest absolute Gasteiger partial charge is 0.349 e. The molecule has 1 fully saturated rings. The molecule has 0 radical (unpaired) electrons. The van der Waals surface area contributed by atoms with Gasteiger partial charge in [-0.1, -0.05) is 49.4 Å². The maximum atomic E-state index is 12.3. The van der Waals surface area contributed by atoms with Crippen molar-refractivity contribution in [2.75, 3.05) is 0 Å². The van der Waals surface area contributed by atoms with Crippen LogP contribution in [0.2, 0.25) is 0 Å². The van der Waals surface area contributed by atoms with E-state index in [0.717, 1.165) is 6.42 Å². The third-order valence-corrected chi connectivity index (χ3v) is 4.54. The fourth-order valence-electron chi connectivity index (χ4n) is 3.24. The SMILES string of the molecule is CC/C=C\C[C@H]1C(=O)CC[C@@H]1CC(=O)O[C@@H](C(=O)O)c1ccccc1. The number of carboxylic acids is 1. The lowest BCUT2D eigenvalue weighted by Crippen LogP contribution is -2.23. The molecule has 0 heterocycles. The summed E-state index contributed by atoms with van der Waals surface area (Å²) in [6.45, 7) is 2.03. The van der Waals surface area contributed by atoms with E-state index in [1.807, 2.05) is 19.1 Å². The van der Waals surface area contributed by atoms with E-state index in [0.29, 0.717) is 24.8 Å². The number of benzene rings is 1. The van der Waals surface area contributed by atoms with Gasteiger partial charge in [0.2, 0.25) is 6.10 Å². The van der Waals surface area contributed by atoms with Gasteiger partial charge in [0.05, 0.1) is 0 Å². The molecule has 25 heavy (non-hydrogen) atoms. The molecule has 0 saturated heterocycles. The van der Waals surface area contributed by atoms with Crippen molar-refractivity contribution in [1.82, 2.24) is 0 Å². The maximum Gasteiger partial charge on any atom is 0.349 e. The number of carbonyl (C=O) groups excluding carboxylic acids is 2. The van der Waals surface area contributed by atoms with Crippen LogP contribution in [0.25, 0.3) is 0 Å².